The maximum Gasteiger partial charge on any atom is 0.271 e. The molecule has 0 aliphatic carbocycles. The predicted molar refractivity (Wildman–Crippen MR) is 87.7 cm³/mol. The van der Waals surface area contributed by atoms with Crippen molar-refractivity contribution in [3.8, 4) is 11.5 Å². The number of carbonyl (C=O) groups is 1. The fraction of sp³-hybridized carbons (Fsp3) is 0.188. The molecule has 3 heterocycles. The highest BCUT2D eigenvalue weighted by atomic mass is 32.1. The van der Waals surface area contributed by atoms with Gasteiger partial charge in [0.1, 0.15) is 5.56 Å². The van der Waals surface area contributed by atoms with E-state index >= 15 is 0 Å². The van der Waals surface area contributed by atoms with E-state index in [2.05, 4.69) is 4.98 Å². The molecule has 0 bridgehead atoms. The first-order valence-electron chi connectivity index (χ1n) is 7.22. The number of aromatic nitrogens is 2. The lowest BCUT2D eigenvalue weighted by Gasteiger charge is -2.17. The summed E-state index contributed by atoms with van der Waals surface area (Å²) in [4.78, 5) is 31.2. The number of hydrogen-bond donors (Lipinski definition) is 0. The average molecular weight is 343 g/mol. The third-order valence-corrected chi connectivity index (χ3v) is 4.55. The van der Waals surface area contributed by atoms with Crippen LogP contribution in [0.5, 0.6) is 11.5 Å². The molecule has 0 saturated carbocycles. The zero-order valence-corrected chi connectivity index (χ0v) is 13.6. The Bertz CT molecular complexity index is 994. The molecule has 8 heteroatoms. The van der Waals surface area contributed by atoms with Crippen molar-refractivity contribution < 1.29 is 14.3 Å². The smallest absolute Gasteiger partial charge is 0.271 e. The van der Waals surface area contributed by atoms with Crippen molar-refractivity contribution in [1.82, 2.24) is 14.3 Å². The molecular formula is C16H13N3O4S. The maximum absolute atomic E-state index is 12.6. The first kappa shape index (κ1) is 14.7. The fourth-order valence-corrected chi connectivity index (χ4v) is 3.24. The van der Waals surface area contributed by atoms with E-state index in [4.69, 9.17) is 9.47 Å². The van der Waals surface area contributed by atoms with Gasteiger partial charge in [0.25, 0.3) is 11.5 Å². The van der Waals surface area contributed by atoms with Crippen molar-refractivity contribution in [2.45, 2.75) is 6.54 Å². The van der Waals surface area contributed by atoms with Crippen LogP contribution in [0.1, 0.15) is 15.9 Å². The number of thiazole rings is 1. The second kappa shape index (κ2) is 5.64. The molecule has 0 spiro atoms. The van der Waals surface area contributed by atoms with Crippen LogP contribution in [0.4, 0.5) is 0 Å². The Balaban J connectivity index is 1.59. The van der Waals surface area contributed by atoms with Crippen molar-refractivity contribution in [1.29, 1.82) is 0 Å². The van der Waals surface area contributed by atoms with Gasteiger partial charge >= 0.3 is 0 Å². The molecule has 0 unspecified atom stereocenters. The number of benzene rings is 1. The van der Waals surface area contributed by atoms with Gasteiger partial charge in [-0.25, -0.2) is 4.98 Å². The number of nitrogens with zero attached hydrogens (tertiary/aromatic N) is 3. The van der Waals surface area contributed by atoms with Gasteiger partial charge in [-0.2, -0.15) is 0 Å². The average Bonchev–Trinajstić information content (AvgIpc) is 3.23. The quantitative estimate of drug-likeness (QED) is 0.724. The Labute approximate surface area is 140 Å². The Kier molecular flexibility index (Phi) is 3.46. The highest BCUT2D eigenvalue weighted by Crippen LogP contribution is 2.32. The standard InChI is InChI=1S/C16H13N3O4S/c1-18(8-10-2-3-12-13(6-10)23-9-22-12)14(20)11-7-17-16-19(15(11)21)4-5-24-16/h2-7H,8-9H2,1H3. The van der Waals surface area contributed by atoms with Crippen molar-refractivity contribution in [3.05, 3.63) is 57.5 Å². The second-order valence-corrected chi connectivity index (χ2v) is 6.25. The highest BCUT2D eigenvalue weighted by molar-refractivity contribution is 7.15. The molecule has 2 aromatic heterocycles. The van der Waals surface area contributed by atoms with Crippen molar-refractivity contribution in [3.63, 3.8) is 0 Å². The first-order valence-corrected chi connectivity index (χ1v) is 8.10. The molecule has 0 radical (unpaired) electrons. The van der Waals surface area contributed by atoms with Crippen LogP contribution in [0.25, 0.3) is 4.96 Å². The third-order valence-electron chi connectivity index (χ3n) is 3.78. The molecule has 1 aliphatic rings. The van der Waals surface area contributed by atoms with E-state index in [1.54, 1.807) is 18.6 Å². The lowest BCUT2D eigenvalue weighted by Crippen LogP contribution is -2.32. The van der Waals surface area contributed by atoms with E-state index in [1.807, 2.05) is 18.2 Å². The molecule has 3 aromatic rings. The van der Waals surface area contributed by atoms with Gasteiger partial charge in [-0.05, 0) is 17.7 Å². The molecule has 4 rings (SSSR count). The second-order valence-electron chi connectivity index (χ2n) is 5.38. The summed E-state index contributed by atoms with van der Waals surface area (Å²) in [6, 6.07) is 5.51. The zero-order chi connectivity index (χ0) is 16.7. The summed E-state index contributed by atoms with van der Waals surface area (Å²) in [6.07, 6.45) is 2.95. The predicted octanol–water partition coefficient (Wildman–Crippen LogP) is 1.76. The van der Waals surface area contributed by atoms with Crippen LogP contribution >= 0.6 is 11.3 Å². The molecule has 0 fully saturated rings. The van der Waals surface area contributed by atoms with Crippen LogP contribution < -0.4 is 15.0 Å². The van der Waals surface area contributed by atoms with Gasteiger partial charge in [-0.3, -0.25) is 14.0 Å². The van der Waals surface area contributed by atoms with Crippen LogP contribution in [0.3, 0.4) is 0 Å². The SMILES string of the molecule is CN(Cc1ccc2c(c1)OCO2)C(=O)c1cnc2sccn2c1=O. The van der Waals surface area contributed by atoms with E-state index in [0.717, 1.165) is 5.56 Å². The zero-order valence-electron chi connectivity index (χ0n) is 12.8. The van der Waals surface area contributed by atoms with Gasteiger partial charge < -0.3 is 14.4 Å². The minimum Gasteiger partial charge on any atom is -0.454 e. The lowest BCUT2D eigenvalue weighted by atomic mass is 10.2. The van der Waals surface area contributed by atoms with Gasteiger partial charge in [0.2, 0.25) is 6.79 Å². The van der Waals surface area contributed by atoms with Crippen LogP contribution in [-0.2, 0) is 6.54 Å². The lowest BCUT2D eigenvalue weighted by molar-refractivity contribution is 0.0782. The maximum atomic E-state index is 12.6. The molecule has 0 atom stereocenters. The van der Waals surface area contributed by atoms with E-state index in [1.165, 1.54) is 26.8 Å². The van der Waals surface area contributed by atoms with Crippen LogP contribution in [0.2, 0.25) is 0 Å². The molecule has 0 N–H and O–H groups in total. The Hall–Kier alpha value is -2.87. The summed E-state index contributed by atoms with van der Waals surface area (Å²) in [5.41, 5.74) is 0.581. The minimum atomic E-state index is -0.370. The molecule has 7 nitrogen and oxygen atoms in total. The van der Waals surface area contributed by atoms with Crippen LogP contribution in [0, 0.1) is 0 Å². The number of carbonyl (C=O) groups excluding carboxylic acids is 1. The molecule has 0 saturated heterocycles. The Morgan fingerprint density at radius 3 is 3.08 bits per heavy atom. The molecule has 1 aliphatic heterocycles. The summed E-state index contributed by atoms with van der Waals surface area (Å²) < 4.78 is 12.0. The van der Waals surface area contributed by atoms with Gasteiger partial charge in [-0.1, -0.05) is 6.07 Å². The first-order chi connectivity index (χ1) is 11.6. The topological polar surface area (TPSA) is 73.1 Å². The van der Waals surface area contributed by atoms with Crippen molar-refractivity contribution >= 4 is 22.2 Å². The van der Waals surface area contributed by atoms with Gasteiger partial charge in [0, 0.05) is 31.4 Å². The summed E-state index contributed by atoms with van der Waals surface area (Å²) >= 11 is 1.35. The van der Waals surface area contributed by atoms with E-state index in [0.29, 0.717) is 23.0 Å². The number of amides is 1. The number of ether oxygens (including phenoxy) is 2. The van der Waals surface area contributed by atoms with Gasteiger partial charge in [0.05, 0.1) is 0 Å². The summed E-state index contributed by atoms with van der Waals surface area (Å²) in [7, 11) is 1.65. The highest BCUT2D eigenvalue weighted by Gasteiger charge is 2.19. The number of fused-ring (bicyclic) bond motifs is 2. The molecular weight excluding hydrogens is 330 g/mol. The monoisotopic (exact) mass is 343 g/mol. The summed E-state index contributed by atoms with van der Waals surface area (Å²) in [6.45, 7) is 0.553. The Morgan fingerprint density at radius 2 is 2.21 bits per heavy atom. The fourth-order valence-electron chi connectivity index (χ4n) is 2.56. The normalized spacial score (nSPS) is 12.5. The van der Waals surface area contributed by atoms with E-state index in [-0.39, 0.29) is 23.8 Å². The summed E-state index contributed by atoms with van der Waals surface area (Å²) in [5, 5.41) is 1.76. The van der Waals surface area contributed by atoms with Crippen LogP contribution in [0.15, 0.2) is 40.8 Å². The van der Waals surface area contributed by atoms with E-state index < -0.39 is 0 Å². The summed E-state index contributed by atoms with van der Waals surface area (Å²) in [5.74, 6) is 0.985. The van der Waals surface area contributed by atoms with Crippen LogP contribution in [-0.4, -0.2) is 34.0 Å². The molecule has 1 aromatic carbocycles. The van der Waals surface area contributed by atoms with Crippen molar-refractivity contribution in [2.75, 3.05) is 13.8 Å². The Morgan fingerprint density at radius 1 is 1.38 bits per heavy atom. The van der Waals surface area contributed by atoms with Gasteiger partial charge in [-0.15, -0.1) is 11.3 Å². The number of hydrogen-bond acceptors (Lipinski definition) is 6. The van der Waals surface area contributed by atoms with E-state index in [9.17, 15) is 9.59 Å². The minimum absolute atomic E-state index is 0.0501. The largest absolute Gasteiger partial charge is 0.454 e. The molecule has 122 valence electrons. The van der Waals surface area contributed by atoms with Crippen molar-refractivity contribution in [2.24, 2.45) is 0 Å². The molecule has 24 heavy (non-hydrogen) atoms. The number of rotatable bonds is 3. The van der Waals surface area contributed by atoms with Gasteiger partial charge in [0.15, 0.2) is 16.5 Å². The third kappa shape index (κ3) is 2.41. The molecule has 1 amide bonds.